The first-order valence-corrected chi connectivity index (χ1v) is 9.34. The minimum atomic E-state index is -4.00. The minimum absolute atomic E-state index is 0. The van der Waals surface area contributed by atoms with Crippen LogP contribution >= 0.6 is 12.4 Å². The summed E-state index contributed by atoms with van der Waals surface area (Å²) in [6, 6.07) is 2.14. The second-order valence-electron chi connectivity index (χ2n) is 6.59. The van der Waals surface area contributed by atoms with Crippen LogP contribution in [0.3, 0.4) is 0 Å². The molecule has 1 heterocycles. The van der Waals surface area contributed by atoms with Crippen molar-refractivity contribution in [3.05, 3.63) is 17.9 Å². The molecule has 0 amide bonds. The van der Waals surface area contributed by atoms with E-state index >= 15 is 0 Å². The molecule has 1 aromatic rings. The van der Waals surface area contributed by atoms with Gasteiger partial charge in [-0.15, -0.1) is 12.4 Å². The fraction of sp³-hybridized carbons (Fsp3) is 0.625. The minimum Gasteiger partial charge on any atom is -0.493 e. The van der Waals surface area contributed by atoms with Gasteiger partial charge in [-0.2, -0.15) is 0 Å². The largest absolute Gasteiger partial charge is 0.493 e. The highest BCUT2D eigenvalue weighted by molar-refractivity contribution is 7.89. The maximum atomic E-state index is 14.2. The lowest BCUT2D eigenvalue weighted by molar-refractivity contribution is 0.181. The van der Waals surface area contributed by atoms with Gasteiger partial charge in [0.1, 0.15) is 10.7 Å². The number of sulfonamides is 1. The van der Waals surface area contributed by atoms with E-state index < -0.39 is 20.7 Å². The molecule has 144 valence electrons. The smallest absolute Gasteiger partial charge is 0.243 e. The second-order valence-corrected chi connectivity index (χ2v) is 8.32. The molecular formula is C16H26ClFN2O4S. The lowest BCUT2D eigenvalue weighted by Crippen LogP contribution is -2.52. The van der Waals surface area contributed by atoms with Crippen LogP contribution in [0.15, 0.2) is 17.0 Å². The predicted octanol–water partition coefficient (Wildman–Crippen LogP) is 2.32. The third-order valence-electron chi connectivity index (χ3n) is 4.54. The average Bonchev–Trinajstić information content (AvgIpc) is 2.52. The molecule has 1 aliphatic rings. The fourth-order valence-electron chi connectivity index (χ4n) is 2.93. The molecule has 1 aromatic carbocycles. The summed E-state index contributed by atoms with van der Waals surface area (Å²) in [4.78, 5) is -0.450. The van der Waals surface area contributed by atoms with E-state index in [1.165, 1.54) is 14.2 Å². The van der Waals surface area contributed by atoms with Gasteiger partial charge in [0.25, 0.3) is 0 Å². The van der Waals surface area contributed by atoms with Gasteiger partial charge in [0.05, 0.1) is 14.2 Å². The van der Waals surface area contributed by atoms with Gasteiger partial charge in [0.2, 0.25) is 10.0 Å². The van der Waals surface area contributed by atoms with Crippen molar-refractivity contribution in [3.63, 3.8) is 0 Å². The van der Waals surface area contributed by atoms with E-state index in [0.717, 1.165) is 31.5 Å². The van der Waals surface area contributed by atoms with Crippen molar-refractivity contribution >= 4 is 22.4 Å². The third kappa shape index (κ3) is 4.97. The van der Waals surface area contributed by atoms with Gasteiger partial charge in [0.15, 0.2) is 11.5 Å². The van der Waals surface area contributed by atoms with E-state index in [4.69, 9.17) is 9.47 Å². The van der Waals surface area contributed by atoms with Crippen molar-refractivity contribution < 1.29 is 22.3 Å². The summed E-state index contributed by atoms with van der Waals surface area (Å²) < 4.78 is 51.7. The van der Waals surface area contributed by atoms with Crippen LogP contribution in [0.1, 0.15) is 26.7 Å². The molecule has 0 saturated carbocycles. The molecule has 0 radical (unpaired) electrons. The van der Waals surface area contributed by atoms with Crippen molar-refractivity contribution in [3.8, 4) is 11.5 Å². The lowest BCUT2D eigenvalue weighted by Gasteiger charge is -2.39. The summed E-state index contributed by atoms with van der Waals surface area (Å²) in [5, 5.41) is 3.32. The molecule has 1 fully saturated rings. The van der Waals surface area contributed by atoms with Gasteiger partial charge in [-0.1, -0.05) is 13.8 Å². The Labute approximate surface area is 154 Å². The molecule has 25 heavy (non-hydrogen) atoms. The summed E-state index contributed by atoms with van der Waals surface area (Å²) in [7, 11) is -1.27. The number of benzene rings is 1. The van der Waals surface area contributed by atoms with Crippen LogP contribution in [0.25, 0.3) is 0 Å². The van der Waals surface area contributed by atoms with Crippen LogP contribution in [0.4, 0.5) is 4.39 Å². The van der Waals surface area contributed by atoms with E-state index in [0.29, 0.717) is 0 Å². The fourth-order valence-corrected chi connectivity index (χ4v) is 4.05. The molecule has 0 aromatic heterocycles. The number of halogens is 2. The van der Waals surface area contributed by atoms with Crippen molar-refractivity contribution in [1.29, 1.82) is 0 Å². The first kappa shape index (κ1) is 22.0. The SMILES string of the molecule is COc1cc(F)c(S(=O)(=O)NCC2NCCCC2(C)C)cc1OC.Cl. The van der Waals surface area contributed by atoms with Gasteiger partial charge in [-0.25, -0.2) is 17.5 Å². The standard InChI is InChI=1S/C16H25FN2O4S.ClH/c1-16(2)6-5-7-18-15(16)10-19-24(20,21)14-9-13(23-4)12(22-3)8-11(14)17;/h8-9,15,18-19H,5-7,10H2,1-4H3;1H. The molecule has 1 atom stereocenters. The number of piperidine rings is 1. The van der Waals surface area contributed by atoms with Crippen molar-refractivity contribution in [2.45, 2.75) is 37.6 Å². The zero-order chi connectivity index (χ0) is 18.0. The third-order valence-corrected chi connectivity index (χ3v) is 5.98. The van der Waals surface area contributed by atoms with Gasteiger partial charge in [-0.3, -0.25) is 0 Å². The summed E-state index contributed by atoms with van der Waals surface area (Å²) in [6.07, 6.45) is 2.07. The first-order valence-electron chi connectivity index (χ1n) is 7.86. The monoisotopic (exact) mass is 396 g/mol. The van der Waals surface area contributed by atoms with Crippen molar-refractivity contribution in [2.24, 2.45) is 5.41 Å². The molecule has 0 spiro atoms. The van der Waals surface area contributed by atoms with Crippen molar-refractivity contribution in [2.75, 3.05) is 27.3 Å². The molecular weight excluding hydrogens is 371 g/mol. The Kier molecular flexibility index (Phi) is 7.49. The summed E-state index contributed by atoms with van der Waals surface area (Å²) >= 11 is 0. The van der Waals surface area contributed by atoms with E-state index in [-0.39, 0.29) is 41.9 Å². The summed E-state index contributed by atoms with van der Waals surface area (Å²) in [5.74, 6) is -0.574. The number of hydrogen-bond donors (Lipinski definition) is 2. The Morgan fingerprint density at radius 2 is 1.88 bits per heavy atom. The van der Waals surface area contributed by atoms with Crippen LogP contribution in [-0.2, 0) is 10.0 Å². The number of ether oxygens (including phenoxy) is 2. The molecule has 0 bridgehead atoms. The van der Waals surface area contributed by atoms with Crippen LogP contribution in [-0.4, -0.2) is 41.8 Å². The first-order chi connectivity index (χ1) is 11.2. The number of methoxy groups -OCH3 is 2. The maximum absolute atomic E-state index is 14.2. The molecule has 0 aliphatic carbocycles. The van der Waals surface area contributed by atoms with Gasteiger partial charge in [0, 0.05) is 24.7 Å². The van der Waals surface area contributed by atoms with Gasteiger partial charge in [-0.05, 0) is 24.8 Å². The second kappa shape index (κ2) is 8.53. The molecule has 2 rings (SSSR count). The van der Waals surface area contributed by atoms with Crippen LogP contribution in [0.2, 0.25) is 0 Å². The van der Waals surface area contributed by atoms with Crippen LogP contribution in [0.5, 0.6) is 11.5 Å². The number of rotatable bonds is 6. The lowest BCUT2D eigenvalue weighted by atomic mass is 9.78. The summed E-state index contributed by atoms with van der Waals surface area (Å²) in [6.45, 7) is 5.23. The topological polar surface area (TPSA) is 76.7 Å². The highest BCUT2D eigenvalue weighted by Gasteiger charge is 2.33. The Hall–Kier alpha value is -1.09. The molecule has 1 unspecified atom stereocenters. The normalized spacial score (nSPS) is 19.8. The molecule has 2 N–H and O–H groups in total. The summed E-state index contributed by atoms with van der Waals surface area (Å²) in [5.41, 5.74) is -0.0308. The van der Waals surface area contributed by atoms with Crippen molar-refractivity contribution in [1.82, 2.24) is 10.0 Å². The number of nitrogens with one attached hydrogen (secondary N) is 2. The predicted molar refractivity (Wildman–Crippen MR) is 96.7 cm³/mol. The zero-order valence-corrected chi connectivity index (χ0v) is 16.5. The molecule has 6 nitrogen and oxygen atoms in total. The average molecular weight is 397 g/mol. The van der Waals surface area contributed by atoms with E-state index in [1.54, 1.807) is 0 Å². The Bertz CT molecular complexity index is 698. The molecule has 1 aliphatic heterocycles. The van der Waals surface area contributed by atoms with Crippen LogP contribution < -0.4 is 19.5 Å². The zero-order valence-electron chi connectivity index (χ0n) is 14.9. The molecule has 1 saturated heterocycles. The van der Waals surface area contributed by atoms with Gasteiger partial charge >= 0.3 is 0 Å². The van der Waals surface area contributed by atoms with E-state index in [2.05, 4.69) is 23.9 Å². The highest BCUT2D eigenvalue weighted by Crippen LogP contribution is 2.32. The Morgan fingerprint density at radius 3 is 2.44 bits per heavy atom. The molecule has 9 heteroatoms. The van der Waals surface area contributed by atoms with Crippen LogP contribution in [0, 0.1) is 11.2 Å². The van der Waals surface area contributed by atoms with E-state index in [9.17, 15) is 12.8 Å². The maximum Gasteiger partial charge on any atom is 0.243 e. The quantitative estimate of drug-likeness (QED) is 0.771. The van der Waals surface area contributed by atoms with Gasteiger partial charge < -0.3 is 14.8 Å². The Balaban J connectivity index is 0.00000312. The van der Waals surface area contributed by atoms with E-state index in [1.807, 2.05) is 0 Å². The highest BCUT2D eigenvalue weighted by atomic mass is 35.5. The number of hydrogen-bond acceptors (Lipinski definition) is 5. The Morgan fingerprint density at radius 1 is 1.28 bits per heavy atom.